The van der Waals surface area contributed by atoms with Gasteiger partial charge in [0.2, 0.25) is 5.91 Å². The summed E-state index contributed by atoms with van der Waals surface area (Å²) < 4.78 is 0. The molecule has 0 bridgehead atoms. The lowest BCUT2D eigenvalue weighted by molar-refractivity contribution is -0.117. The molecule has 0 aromatic heterocycles. The largest absolute Gasteiger partial charge is 0.369 e. The van der Waals surface area contributed by atoms with Crippen molar-refractivity contribution in [1.82, 2.24) is 0 Å². The molecule has 2 N–H and O–H groups in total. The average Bonchev–Trinajstić information content (AvgIpc) is 2.12. The third-order valence-electron chi connectivity index (χ3n) is 1.63. The van der Waals surface area contributed by atoms with Gasteiger partial charge in [0.05, 0.1) is 6.42 Å². The first-order chi connectivity index (χ1) is 6.20. The smallest absolute Gasteiger partial charge is 0.221 e. The van der Waals surface area contributed by atoms with Crippen molar-refractivity contribution in [2.45, 2.75) is 27.2 Å². The molecule has 0 spiro atoms. The van der Waals surface area contributed by atoms with E-state index in [-0.39, 0.29) is 5.91 Å². The predicted molar refractivity (Wildman–Crippen MR) is 55.4 cm³/mol. The molecule has 0 saturated heterocycles. The molecule has 1 aromatic carbocycles. The Morgan fingerprint density at radius 3 is 2.31 bits per heavy atom. The molecule has 0 aliphatic carbocycles. The van der Waals surface area contributed by atoms with Crippen molar-refractivity contribution in [3.8, 4) is 0 Å². The zero-order valence-electron chi connectivity index (χ0n) is 8.50. The summed E-state index contributed by atoms with van der Waals surface area (Å²) in [5, 5.41) is 0. The zero-order valence-corrected chi connectivity index (χ0v) is 8.50. The fourth-order valence-electron chi connectivity index (χ4n) is 0.996. The Kier molecular flexibility index (Phi) is 5.60. The van der Waals surface area contributed by atoms with E-state index in [2.05, 4.69) is 0 Å². The van der Waals surface area contributed by atoms with Crippen LogP contribution in [0.4, 0.5) is 0 Å². The Labute approximate surface area is 79.8 Å². The van der Waals surface area contributed by atoms with E-state index in [4.69, 9.17) is 5.73 Å². The fraction of sp³-hybridized carbons (Fsp3) is 0.364. The summed E-state index contributed by atoms with van der Waals surface area (Å²) in [7, 11) is 0. The third-order valence-corrected chi connectivity index (χ3v) is 1.63. The summed E-state index contributed by atoms with van der Waals surface area (Å²) in [4.78, 5) is 10.5. The lowest BCUT2D eigenvalue weighted by atomic mass is 10.1. The number of benzene rings is 1. The highest BCUT2D eigenvalue weighted by Crippen LogP contribution is 2.06. The van der Waals surface area contributed by atoms with Crippen molar-refractivity contribution in [2.24, 2.45) is 5.73 Å². The number of hydrogen-bond acceptors (Lipinski definition) is 1. The number of hydrogen-bond donors (Lipinski definition) is 1. The molecule has 1 aromatic rings. The van der Waals surface area contributed by atoms with E-state index >= 15 is 0 Å². The van der Waals surface area contributed by atoms with E-state index in [9.17, 15) is 4.79 Å². The van der Waals surface area contributed by atoms with Crippen LogP contribution in [-0.2, 0) is 11.2 Å². The molecular formula is C11H17NO. The lowest BCUT2D eigenvalue weighted by Crippen LogP contribution is -2.14. The van der Waals surface area contributed by atoms with Gasteiger partial charge in [-0.2, -0.15) is 0 Å². The summed E-state index contributed by atoms with van der Waals surface area (Å²) >= 11 is 0. The van der Waals surface area contributed by atoms with Crippen LogP contribution in [0.3, 0.4) is 0 Å². The molecular weight excluding hydrogens is 162 g/mol. The SMILES string of the molecule is CC.Cc1ccccc1CC(N)=O. The minimum atomic E-state index is -0.278. The second-order valence-electron chi connectivity index (χ2n) is 2.57. The van der Waals surface area contributed by atoms with Crippen LogP contribution >= 0.6 is 0 Å². The summed E-state index contributed by atoms with van der Waals surface area (Å²) in [6.07, 6.45) is 0.340. The van der Waals surface area contributed by atoms with Gasteiger partial charge in [0.25, 0.3) is 0 Å². The molecule has 0 atom stereocenters. The van der Waals surface area contributed by atoms with Crippen LogP contribution < -0.4 is 5.73 Å². The topological polar surface area (TPSA) is 43.1 Å². The van der Waals surface area contributed by atoms with Crippen LogP contribution in [-0.4, -0.2) is 5.91 Å². The molecule has 1 rings (SSSR count). The third kappa shape index (κ3) is 4.31. The first-order valence-electron chi connectivity index (χ1n) is 4.53. The first kappa shape index (κ1) is 11.7. The number of primary amides is 1. The van der Waals surface area contributed by atoms with Crippen LogP contribution in [0.2, 0.25) is 0 Å². The highest BCUT2D eigenvalue weighted by molar-refractivity contribution is 5.76. The highest BCUT2D eigenvalue weighted by Gasteiger charge is 1.99. The van der Waals surface area contributed by atoms with E-state index in [0.717, 1.165) is 11.1 Å². The van der Waals surface area contributed by atoms with Crippen molar-refractivity contribution >= 4 is 5.91 Å². The van der Waals surface area contributed by atoms with Gasteiger partial charge in [-0.05, 0) is 18.1 Å². The van der Waals surface area contributed by atoms with Crippen molar-refractivity contribution in [3.63, 3.8) is 0 Å². The Hall–Kier alpha value is -1.31. The number of amides is 1. The second-order valence-corrected chi connectivity index (χ2v) is 2.57. The van der Waals surface area contributed by atoms with Gasteiger partial charge in [-0.3, -0.25) is 4.79 Å². The van der Waals surface area contributed by atoms with Crippen molar-refractivity contribution in [2.75, 3.05) is 0 Å². The Bertz CT molecular complexity index is 269. The molecule has 13 heavy (non-hydrogen) atoms. The average molecular weight is 179 g/mol. The molecule has 2 nitrogen and oxygen atoms in total. The molecule has 0 aliphatic rings. The number of nitrogens with two attached hydrogens (primary N) is 1. The van der Waals surface area contributed by atoms with Gasteiger partial charge >= 0.3 is 0 Å². The molecule has 0 unspecified atom stereocenters. The Morgan fingerprint density at radius 2 is 1.85 bits per heavy atom. The van der Waals surface area contributed by atoms with Gasteiger partial charge in [0, 0.05) is 0 Å². The monoisotopic (exact) mass is 179 g/mol. The maximum absolute atomic E-state index is 10.5. The number of rotatable bonds is 2. The molecule has 0 fully saturated rings. The van der Waals surface area contributed by atoms with Crippen molar-refractivity contribution < 1.29 is 4.79 Å². The van der Waals surface area contributed by atoms with Gasteiger partial charge in [-0.25, -0.2) is 0 Å². The summed E-state index contributed by atoms with van der Waals surface area (Å²) in [5.41, 5.74) is 7.19. The fourth-order valence-corrected chi connectivity index (χ4v) is 0.996. The van der Waals surface area contributed by atoms with Crippen LogP contribution in [0.1, 0.15) is 25.0 Å². The van der Waals surface area contributed by atoms with Gasteiger partial charge in [-0.1, -0.05) is 38.1 Å². The molecule has 1 amide bonds. The standard InChI is InChI=1S/C9H11NO.C2H6/c1-7-4-2-3-5-8(7)6-9(10)11;1-2/h2-5H,6H2,1H3,(H2,10,11);1-2H3. The summed E-state index contributed by atoms with van der Waals surface area (Å²) in [6.45, 7) is 5.97. The van der Waals surface area contributed by atoms with Crippen LogP contribution in [0.15, 0.2) is 24.3 Å². The normalized spacial score (nSPS) is 8.54. The minimum Gasteiger partial charge on any atom is -0.369 e. The van der Waals surface area contributed by atoms with Crippen LogP contribution in [0, 0.1) is 6.92 Å². The maximum atomic E-state index is 10.5. The van der Waals surface area contributed by atoms with Crippen molar-refractivity contribution in [1.29, 1.82) is 0 Å². The van der Waals surface area contributed by atoms with Gasteiger partial charge < -0.3 is 5.73 Å². The van der Waals surface area contributed by atoms with Gasteiger partial charge in [0.15, 0.2) is 0 Å². The highest BCUT2D eigenvalue weighted by atomic mass is 16.1. The van der Waals surface area contributed by atoms with Crippen LogP contribution in [0.5, 0.6) is 0 Å². The molecule has 2 heteroatoms. The van der Waals surface area contributed by atoms with E-state index < -0.39 is 0 Å². The Morgan fingerprint density at radius 1 is 1.31 bits per heavy atom. The Balaban J connectivity index is 0.000000671. The molecule has 0 saturated carbocycles. The predicted octanol–water partition coefficient (Wildman–Crippen LogP) is 2.05. The molecule has 72 valence electrons. The lowest BCUT2D eigenvalue weighted by Gasteiger charge is -2.00. The first-order valence-corrected chi connectivity index (χ1v) is 4.53. The van der Waals surface area contributed by atoms with Gasteiger partial charge in [0.1, 0.15) is 0 Å². The van der Waals surface area contributed by atoms with Gasteiger partial charge in [-0.15, -0.1) is 0 Å². The van der Waals surface area contributed by atoms with Crippen molar-refractivity contribution in [3.05, 3.63) is 35.4 Å². The van der Waals surface area contributed by atoms with E-state index in [1.807, 2.05) is 45.0 Å². The second kappa shape index (κ2) is 6.23. The maximum Gasteiger partial charge on any atom is 0.221 e. The quantitative estimate of drug-likeness (QED) is 0.741. The summed E-state index contributed by atoms with van der Waals surface area (Å²) in [6, 6.07) is 7.74. The number of carbonyl (C=O) groups excluding carboxylic acids is 1. The van der Waals surface area contributed by atoms with Crippen LogP contribution in [0.25, 0.3) is 0 Å². The van der Waals surface area contributed by atoms with E-state index in [1.54, 1.807) is 0 Å². The molecule has 0 aliphatic heterocycles. The molecule has 0 heterocycles. The summed E-state index contributed by atoms with van der Waals surface area (Å²) in [5.74, 6) is -0.278. The number of carbonyl (C=O) groups is 1. The zero-order chi connectivity index (χ0) is 10.3. The number of aryl methyl sites for hydroxylation is 1. The minimum absolute atomic E-state index is 0.278. The van der Waals surface area contributed by atoms with E-state index in [0.29, 0.717) is 6.42 Å². The van der Waals surface area contributed by atoms with E-state index in [1.165, 1.54) is 0 Å². The molecule has 0 radical (unpaired) electrons.